The SMILES string of the molecule is CC1(C)OB(c2ccc(C(F)(F)F)cc2C(=O)OCc2ccccc2)OC1(C)C. The van der Waals surface area contributed by atoms with Crippen molar-refractivity contribution < 1.29 is 32.0 Å². The van der Waals surface area contributed by atoms with Crippen LogP contribution >= 0.6 is 0 Å². The first kappa shape index (κ1) is 21.4. The van der Waals surface area contributed by atoms with E-state index in [4.69, 9.17) is 14.0 Å². The predicted molar refractivity (Wildman–Crippen MR) is 103 cm³/mol. The summed E-state index contributed by atoms with van der Waals surface area (Å²) in [6, 6.07) is 11.8. The van der Waals surface area contributed by atoms with Crippen molar-refractivity contribution in [2.24, 2.45) is 0 Å². The van der Waals surface area contributed by atoms with Gasteiger partial charge >= 0.3 is 19.3 Å². The summed E-state index contributed by atoms with van der Waals surface area (Å²) >= 11 is 0. The molecule has 2 aromatic rings. The molecule has 2 aromatic carbocycles. The highest BCUT2D eigenvalue weighted by Gasteiger charge is 2.52. The fourth-order valence-electron chi connectivity index (χ4n) is 2.89. The highest BCUT2D eigenvalue weighted by Crippen LogP contribution is 2.37. The van der Waals surface area contributed by atoms with Gasteiger partial charge in [-0.25, -0.2) is 4.79 Å². The number of carbonyl (C=O) groups excluding carboxylic acids is 1. The third-order valence-electron chi connectivity index (χ3n) is 5.32. The van der Waals surface area contributed by atoms with Crippen molar-refractivity contribution in [1.29, 1.82) is 0 Å². The van der Waals surface area contributed by atoms with E-state index in [1.807, 2.05) is 33.8 Å². The van der Waals surface area contributed by atoms with Gasteiger partial charge in [-0.2, -0.15) is 13.2 Å². The Morgan fingerprint density at radius 3 is 2.14 bits per heavy atom. The first-order valence-electron chi connectivity index (χ1n) is 9.18. The van der Waals surface area contributed by atoms with E-state index in [1.165, 1.54) is 6.07 Å². The number of rotatable bonds is 4. The quantitative estimate of drug-likeness (QED) is 0.559. The van der Waals surface area contributed by atoms with E-state index in [9.17, 15) is 18.0 Å². The second kappa shape index (κ2) is 7.50. The summed E-state index contributed by atoms with van der Waals surface area (Å²) in [7, 11) is -0.985. The van der Waals surface area contributed by atoms with Crippen molar-refractivity contribution in [3.63, 3.8) is 0 Å². The molecule has 0 radical (unpaired) electrons. The fraction of sp³-hybridized carbons (Fsp3) is 0.381. The monoisotopic (exact) mass is 406 g/mol. The third kappa shape index (κ3) is 4.48. The van der Waals surface area contributed by atoms with Crippen LogP contribution in [0.25, 0.3) is 0 Å². The number of esters is 1. The van der Waals surface area contributed by atoms with Crippen molar-refractivity contribution in [3.05, 3.63) is 65.2 Å². The Hall–Kier alpha value is -2.32. The molecule has 0 unspecified atom stereocenters. The van der Waals surface area contributed by atoms with Crippen LogP contribution in [0.1, 0.15) is 49.2 Å². The molecule has 0 N–H and O–H groups in total. The molecule has 0 aromatic heterocycles. The summed E-state index contributed by atoms with van der Waals surface area (Å²) in [5.74, 6) is -0.871. The first-order chi connectivity index (χ1) is 13.4. The minimum atomic E-state index is -4.59. The highest BCUT2D eigenvalue weighted by molar-refractivity contribution is 6.63. The van der Waals surface area contributed by atoms with Crippen LogP contribution in [0.4, 0.5) is 13.2 Å². The number of benzene rings is 2. The zero-order valence-electron chi connectivity index (χ0n) is 16.7. The third-order valence-corrected chi connectivity index (χ3v) is 5.32. The second-order valence-electron chi connectivity index (χ2n) is 7.95. The van der Waals surface area contributed by atoms with E-state index in [0.717, 1.165) is 17.7 Å². The molecule has 3 rings (SSSR count). The number of alkyl halides is 3. The van der Waals surface area contributed by atoms with E-state index in [-0.39, 0.29) is 17.6 Å². The van der Waals surface area contributed by atoms with Gasteiger partial charge in [0, 0.05) is 0 Å². The lowest BCUT2D eigenvalue weighted by molar-refractivity contribution is -0.137. The molecule has 0 bridgehead atoms. The lowest BCUT2D eigenvalue weighted by Crippen LogP contribution is -2.41. The van der Waals surface area contributed by atoms with Crippen LogP contribution < -0.4 is 5.46 Å². The van der Waals surface area contributed by atoms with Crippen molar-refractivity contribution in [2.75, 3.05) is 0 Å². The summed E-state index contributed by atoms with van der Waals surface area (Å²) in [6.45, 7) is 7.24. The maximum atomic E-state index is 13.2. The number of hydrogen-bond acceptors (Lipinski definition) is 4. The van der Waals surface area contributed by atoms with Gasteiger partial charge in [0.1, 0.15) is 6.61 Å². The molecule has 29 heavy (non-hydrogen) atoms. The van der Waals surface area contributed by atoms with Gasteiger partial charge in [0.25, 0.3) is 0 Å². The van der Waals surface area contributed by atoms with Crippen LogP contribution in [-0.2, 0) is 26.8 Å². The molecular formula is C21H22BF3O4. The van der Waals surface area contributed by atoms with Gasteiger partial charge in [-0.15, -0.1) is 0 Å². The van der Waals surface area contributed by atoms with Gasteiger partial charge in [0.2, 0.25) is 0 Å². The van der Waals surface area contributed by atoms with Crippen LogP contribution in [0.15, 0.2) is 48.5 Å². The van der Waals surface area contributed by atoms with Crippen molar-refractivity contribution in [2.45, 2.75) is 51.7 Å². The summed E-state index contributed by atoms with van der Waals surface area (Å²) < 4.78 is 56.8. The van der Waals surface area contributed by atoms with Gasteiger partial charge in [0.05, 0.1) is 22.3 Å². The van der Waals surface area contributed by atoms with Crippen molar-refractivity contribution in [1.82, 2.24) is 0 Å². The maximum Gasteiger partial charge on any atom is 0.495 e. The Morgan fingerprint density at radius 1 is 1.00 bits per heavy atom. The second-order valence-corrected chi connectivity index (χ2v) is 7.95. The molecule has 0 atom stereocenters. The van der Waals surface area contributed by atoms with Crippen LogP contribution in [0, 0.1) is 0 Å². The number of hydrogen-bond donors (Lipinski definition) is 0. The first-order valence-corrected chi connectivity index (χ1v) is 9.18. The number of carbonyl (C=O) groups is 1. The molecule has 0 amide bonds. The van der Waals surface area contributed by atoms with Crippen molar-refractivity contribution >= 4 is 18.6 Å². The Labute approximate surface area is 168 Å². The smallest absolute Gasteiger partial charge is 0.457 e. The fourth-order valence-corrected chi connectivity index (χ4v) is 2.89. The molecule has 0 saturated carbocycles. The number of halogens is 3. The van der Waals surface area contributed by atoms with E-state index in [2.05, 4.69) is 0 Å². The lowest BCUT2D eigenvalue weighted by atomic mass is 9.75. The van der Waals surface area contributed by atoms with E-state index < -0.39 is 36.0 Å². The molecule has 1 heterocycles. The Morgan fingerprint density at radius 2 is 1.59 bits per heavy atom. The molecule has 1 fully saturated rings. The molecule has 1 saturated heterocycles. The lowest BCUT2D eigenvalue weighted by Gasteiger charge is -2.32. The van der Waals surface area contributed by atoms with Crippen LogP contribution in [0.3, 0.4) is 0 Å². The topological polar surface area (TPSA) is 44.8 Å². The Bertz CT molecular complexity index is 879. The van der Waals surface area contributed by atoms with Gasteiger partial charge in [-0.3, -0.25) is 0 Å². The largest absolute Gasteiger partial charge is 0.495 e. The van der Waals surface area contributed by atoms with Gasteiger partial charge in [-0.1, -0.05) is 42.5 Å². The number of ether oxygens (including phenoxy) is 1. The molecule has 0 aliphatic carbocycles. The summed E-state index contributed by atoms with van der Waals surface area (Å²) in [5.41, 5.74) is -1.64. The van der Waals surface area contributed by atoms with Crippen LogP contribution in [0.5, 0.6) is 0 Å². The highest BCUT2D eigenvalue weighted by atomic mass is 19.4. The molecule has 0 spiro atoms. The van der Waals surface area contributed by atoms with Crippen LogP contribution in [-0.4, -0.2) is 24.3 Å². The zero-order chi connectivity index (χ0) is 21.4. The Balaban J connectivity index is 1.93. The summed E-state index contributed by atoms with van der Waals surface area (Å²) in [4.78, 5) is 12.7. The Kier molecular flexibility index (Phi) is 5.53. The van der Waals surface area contributed by atoms with Crippen LogP contribution in [0.2, 0.25) is 0 Å². The van der Waals surface area contributed by atoms with Gasteiger partial charge in [-0.05, 0) is 44.8 Å². The zero-order valence-corrected chi connectivity index (χ0v) is 16.7. The molecule has 8 heteroatoms. The van der Waals surface area contributed by atoms with E-state index in [0.29, 0.717) is 0 Å². The molecular weight excluding hydrogens is 384 g/mol. The average molecular weight is 406 g/mol. The summed E-state index contributed by atoms with van der Waals surface area (Å²) in [5, 5.41) is 0. The molecule has 1 aliphatic rings. The maximum absolute atomic E-state index is 13.2. The normalized spacial score (nSPS) is 18.0. The van der Waals surface area contributed by atoms with Gasteiger partial charge < -0.3 is 14.0 Å². The molecule has 154 valence electrons. The molecule has 4 nitrogen and oxygen atoms in total. The molecule has 1 aliphatic heterocycles. The standard InChI is InChI=1S/C21H22BF3O4/c1-19(2)20(3,4)29-22(28-19)17-11-10-15(21(23,24)25)12-16(17)18(26)27-13-14-8-6-5-7-9-14/h5-12H,13H2,1-4H3. The average Bonchev–Trinajstić information content (AvgIpc) is 2.86. The van der Waals surface area contributed by atoms with E-state index in [1.54, 1.807) is 24.3 Å². The van der Waals surface area contributed by atoms with E-state index >= 15 is 0 Å². The minimum Gasteiger partial charge on any atom is -0.457 e. The predicted octanol–water partition coefficient (Wildman–Crippen LogP) is 4.36. The summed E-state index contributed by atoms with van der Waals surface area (Å²) in [6.07, 6.45) is -4.59. The van der Waals surface area contributed by atoms with Gasteiger partial charge in [0.15, 0.2) is 0 Å². The van der Waals surface area contributed by atoms with Crippen molar-refractivity contribution in [3.8, 4) is 0 Å². The minimum absolute atomic E-state index is 0.0568.